The van der Waals surface area contributed by atoms with Gasteiger partial charge >= 0.3 is 5.97 Å². The number of carboxylic acids is 1. The van der Waals surface area contributed by atoms with Crippen LogP contribution in [0.25, 0.3) is 11.1 Å². The molecule has 252 valence electrons. The number of pyridine rings is 1. The van der Waals surface area contributed by atoms with E-state index in [0.29, 0.717) is 11.3 Å². The van der Waals surface area contributed by atoms with E-state index >= 15 is 0 Å². The fourth-order valence-electron chi connectivity index (χ4n) is 6.92. The second kappa shape index (κ2) is 13.2. The highest BCUT2D eigenvalue weighted by molar-refractivity contribution is 5.88. The first-order valence-corrected chi connectivity index (χ1v) is 17.0. The van der Waals surface area contributed by atoms with Crippen LogP contribution in [-0.4, -0.2) is 51.3 Å². The van der Waals surface area contributed by atoms with Crippen LogP contribution in [0.5, 0.6) is 0 Å². The minimum absolute atomic E-state index is 0.238. The number of fused-ring (bicyclic) bond motifs is 1. The Morgan fingerprint density at radius 2 is 1.67 bits per heavy atom. The number of hydrogen-bond donors (Lipinski definition) is 2. The van der Waals surface area contributed by atoms with Gasteiger partial charge in [0.1, 0.15) is 18.0 Å². The number of carboxylic acid groups (broad SMARTS) is 1. The molecule has 0 saturated carbocycles. The fourth-order valence-corrected chi connectivity index (χ4v) is 6.92. The molecule has 9 heteroatoms. The molecule has 0 bridgehead atoms. The summed E-state index contributed by atoms with van der Waals surface area (Å²) in [5.41, 5.74) is 8.36. The van der Waals surface area contributed by atoms with E-state index in [0.717, 1.165) is 85.3 Å². The molecular formula is C39H48N6O3. The normalized spacial score (nSPS) is 16.7. The van der Waals surface area contributed by atoms with Crippen LogP contribution in [-0.2, 0) is 22.5 Å². The topological polar surface area (TPSA) is 104 Å². The number of para-hydroxylation sites is 1. The van der Waals surface area contributed by atoms with E-state index < -0.39 is 17.7 Å². The number of hydrogen-bond acceptors (Lipinski definition) is 8. The number of benzene rings is 2. The van der Waals surface area contributed by atoms with E-state index in [2.05, 4.69) is 57.1 Å². The minimum Gasteiger partial charge on any atom is -0.479 e. The second-order valence-electron chi connectivity index (χ2n) is 14.9. The third-order valence-corrected chi connectivity index (χ3v) is 9.50. The molecule has 1 fully saturated rings. The number of rotatable bonds is 8. The second-order valence-corrected chi connectivity index (χ2v) is 14.9. The molecule has 0 unspecified atom stereocenters. The van der Waals surface area contributed by atoms with E-state index in [9.17, 15) is 9.90 Å². The maximum Gasteiger partial charge on any atom is 0.337 e. The van der Waals surface area contributed by atoms with Crippen molar-refractivity contribution in [3.05, 3.63) is 89.0 Å². The van der Waals surface area contributed by atoms with Crippen molar-refractivity contribution in [2.45, 2.75) is 86.0 Å². The van der Waals surface area contributed by atoms with Gasteiger partial charge in [0.05, 0.1) is 11.3 Å². The van der Waals surface area contributed by atoms with Gasteiger partial charge in [-0.2, -0.15) is 0 Å². The molecule has 0 aliphatic carbocycles. The maximum absolute atomic E-state index is 12.9. The number of ether oxygens (including phenoxy) is 1. The molecule has 48 heavy (non-hydrogen) atoms. The minimum atomic E-state index is -1.14. The Morgan fingerprint density at radius 1 is 0.938 bits per heavy atom. The summed E-state index contributed by atoms with van der Waals surface area (Å²) in [6, 6.07) is 18.7. The van der Waals surface area contributed by atoms with Crippen molar-refractivity contribution < 1.29 is 14.6 Å². The summed E-state index contributed by atoms with van der Waals surface area (Å²) >= 11 is 0. The number of aromatic nitrogens is 3. The standard InChI is InChI=1S/C39H48N6O3/c1-25-33(35(44-19-16-39(6,7)17-20-44)34(26(2)42-25)36(37(46)47)48-38(3,4)5)28-13-14-29-23-45(18-15-27(29)21-28)32-22-31(40-24-41-32)43-30-11-9-8-10-12-30/h8-14,21-22,24,36H,15-20,23H2,1-7H3,(H,46,47)(H,40,41,43)/t36-/m0/s1. The zero-order valence-electron chi connectivity index (χ0n) is 29.3. The zero-order valence-corrected chi connectivity index (χ0v) is 29.3. The smallest absolute Gasteiger partial charge is 0.337 e. The molecule has 2 aliphatic rings. The summed E-state index contributed by atoms with van der Waals surface area (Å²) in [5.74, 6) is 0.644. The van der Waals surface area contributed by atoms with Gasteiger partial charge in [-0.25, -0.2) is 14.8 Å². The molecule has 2 N–H and O–H groups in total. The lowest BCUT2D eigenvalue weighted by Gasteiger charge is -2.41. The van der Waals surface area contributed by atoms with Crippen LogP contribution >= 0.6 is 0 Å². The monoisotopic (exact) mass is 648 g/mol. The van der Waals surface area contributed by atoms with Crippen LogP contribution in [0, 0.1) is 19.3 Å². The highest BCUT2D eigenvalue weighted by atomic mass is 16.5. The molecular weight excluding hydrogens is 600 g/mol. The summed E-state index contributed by atoms with van der Waals surface area (Å²) in [4.78, 5) is 31.5. The Morgan fingerprint density at radius 3 is 2.35 bits per heavy atom. The zero-order chi connectivity index (χ0) is 34.2. The molecule has 2 aromatic carbocycles. The van der Waals surface area contributed by atoms with Crippen LogP contribution < -0.4 is 15.1 Å². The van der Waals surface area contributed by atoms with E-state index in [1.807, 2.05) is 71.0 Å². The molecule has 6 rings (SSSR count). The molecule has 0 radical (unpaired) electrons. The SMILES string of the molecule is Cc1nc(C)c([C@H](OC(C)(C)C)C(=O)O)c(N2CCC(C)(C)CC2)c1-c1ccc2c(c1)CCN(c1cc(Nc3ccccc3)ncn1)C2. The molecule has 0 spiro atoms. The van der Waals surface area contributed by atoms with Crippen molar-refractivity contribution in [2.75, 3.05) is 34.8 Å². The van der Waals surface area contributed by atoms with E-state index in [-0.39, 0.29) is 5.41 Å². The molecule has 4 aromatic rings. The number of carbonyl (C=O) groups is 1. The number of anilines is 4. The van der Waals surface area contributed by atoms with Gasteiger partial charge in [0, 0.05) is 60.4 Å². The maximum atomic E-state index is 12.9. The van der Waals surface area contributed by atoms with Gasteiger partial charge in [0.2, 0.25) is 0 Å². The largest absolute Gasteiger partial charge is 0.479 e. The fraction of sp³-hybridized carbons (Fsp3) is 0.436. The third-order valence-electron chi connectivity index (χ3n) is 9.50. The van der Waals surface area contributed by atoms with Gasteiger partial charge in [-0.15, -0.1) is 0 Å². The molecule has 4 heterocycles. The van der Waals surface area contributed by atoms with Crippen LogP contribution in [0.4, 0.5) is 23.0 Å². The van der Waals surface area contributed by atoms with Crippen LogP contribution in [0.15, 0.2) is 60.9 Å². The van der Waals surface area contributed by atoms with E-state index in [1.165, 1.54) is 11.1 Å². The highest BCUT2D eigenvalue weighted by Crippen LogP contribution is 2.45. The van der Waals surface area contributed by atoms with Gasteiger partial charge < -0.3 is 25.0 Å². The van der Waals surface area contributed by atoms with Gasteiger partial charge in [-0.3, -0.25) is 4.98 Å². The van der Waals surface area contributed by atoms with Gasteiger partial charge in [-0.1, -0.05) is 50.2 Å². The summed E-state index contributed by atoms with van der Waals surface area (Å²) in [6.07, 6.45) is 3.38. The van der Waals surface area contributed by atoms with E-state index in [1.54, 1.807) is 6.33 Å². The molecule has 2 aliphatic heterocycles. The first kappa shape index (κ1) is 33.4. The van der Waals surface area contributed by atoms with Crippen molar-refractivity contribution >= 4 is 29.0 Å². The predicted molar refractivity (Wildman–Crippen MR) is 192 cm³/mol. The number of piperidine rings is 1. The molecule has 1 atom stereocenters. The third kappa shape index (κ3) is 7.31. The average Bonchev–Trinajstić information content (AvgIpc) is 3.03. The number of aryl methyl sites for hydroxylation is 2. The van der Waals surface area contributed by atoms with Crippen molar-refractivity contribution in [1.82, 2.24) is 15.0 Å². The quantitative estimate of drug-likeness (QED) is 0.197. The lowest BCUT2D eigenvalue weighted by Crippen LogP contribution is -2.39. The molecule has 9 nitrogen and oxygen atoms in total. The number of nitrogens with zero attached hydrogens (tertiary/aromatic N) is 5. The summed E-state index contributed by atoms with van der Waals surface area (Å²) in [7, 11) is 0. The summed E-state index contributed by atoms with van der Waals surface area (Å²) in [5, 5.41) is 13.9. The average molecular weight is 649 g/mol. The molecule has 2 aromatic heterocycles. The van der Waals surface area contributed by atoms with Crippen LogP contribution in [0.2, 0.25) is 0 Å². The molecule has 0 amide bonds. The van der Waals surface area contributed by atoms with E-state index in [4.69, 9.17) is 9.72 Å². The summed E-state index contributed by atoms with van der Waals surface area (Å²) in [6.45, 7) is 17.5. The van der Waals surface area contributed by atoms with Crippen LogP contribution in [0.3, 0.4) is 0 Å². The highest BCUT2D eigenvalue weighted by Gasteiger charge is 2.36. The number of nitrogens with one attached hydrogen (secondary N) is 1. The van der Waals surface area contributed by atoms with Crippen molar-refractivity contribution in [2.24, 2.45) is 5.41 Å². The Hall–Kier alpha value is -4.50. The van der Waals surface area contributed by atoms with Crippen LogP contribution in [0.1, 0.15) is 81.6 Å². The van der Waals surface area contributed by atoms with Gasteiger partial charge in [0.15, 0.2) is 6.10 Å². The first-order valence-electron chi connectivity index (χ1n) is 17.0. The Labute approximate surface area is 284 Å². The molecule has 1 saturated heterocycles. The summed E-state index contributed by atoms with van der Waals surface area (Å²) < 4.78 is 6.27. The van der Waals surface area contributed by atoms with Crippen molar-refractivity contribution in [3.63, 3.8) is 0 Å². The van der Waals surface area contributed by atoms with Gasteiger partial charge in [-0.05, 0) is 88.1 Å². The lowest BCUT2D eigenvalue weighted by atomic mass is 9.81. The Kier molecular flexibility index (Phi) is 9.18. The number of aliphatic carboxylic acids is 1. The Bertz CT molecular complexity index is 1790. The van der Waals surface area contributed by atoms with Crippen molar-refractivity contribution in [3.8, 4) is 11.1 Å². The van der Waals surface area contributed by atoms with Gasteiger partial charge in [0.25, 0.3) is 0 Å². The Balaban J connectivity index is 1.36. The lowest BCUT2D eigenvalue weighted by molar-refractivity contribution is -0.160. The van der Waals surface area contributed by atoms with Crippen molar-refractivity contribution in [1.29, 1.82) is 0 Å². The predicted octanol–water partition coefficient (Wildman–Crippen LogP) is 8.03. The first-order chi connectivity index (χ1) is 22.8.